The number of nitrogens with zero attached hydrogens (tertiary/aromatic N) is 2. The average Bonchev–Trinajstić information content (AvgIpc) is 2.25. The van der Waals surface area contributed by atoms with Crippen LogP contribution >= 0.6 is 23.4 Å². The SMILES string of the molecule is Fc1ccc(Sc2nccnc2Cl)c(F)c1. The summed E-state index contributed by atoms with van der Waals surface area (Å²) in [4.78, 5) is 8.01. The lowest BCUT2D eigenvalue weighted by Gasteiger charge is -2.03. The molecule has 0 bridgehead atoms. The number of rotatable bonds is 2. The Morgan fingerprint density at radius 2 is 1.88 bits per heavy atom. The summed E-state index contributed by atoms with van der Waals surface area (Å²) in [7, 11) is 0. The number of halogens is 3. The molecule has 0 aliphatic rings. The molecule has 0 unspecified atom stereocenters. The van der Waals surface area contributed by atoms with Crippen LogP contribution in [0.25, 0.3) is 0 Å². The van der Waals surface area contributed by atoms with Gasteiger partial charge in [-0.15, -0.1) is 0 Å². The minimum atomic E-state index is -0.647. The van der Waals surface area contributed by atoms with Crippen LogP contribution in [0.5, 0.6) is 0 Å². The molecule has 16 heavy (non-hydrogen) atoms. The predicted octanol–water partition coefficient (Wildman–Crippen LogP) is 3.56. The molecule has 1 heterocycles. The van der Waals surface area contributed by atoms with Gasteiger partial charge in [0.1, 0.15) is 16.7 Å². The predicted molar refractivity (Wildman–Crippen MR) is 57.5 cm³/mol. The van der Waals surface area contributed by atoms with Crippen LogP contribution < -0.4 is 0 Å². The first-order valence-electron chi connectivity index (χ1n) is 4.26. The first kappa shape index (κ1) is 11.3. The fourth-order valence-corrected chi connectivity index (χ4v) is 2.01. The Morgan fingerprint density at radius 3 is 2.56 bits per heavy atom. The maximum Gasteiger partial charge on any atom is 0.161 e. The molecule has 2 aromatic rings. The molecule has 0 aliphatic carbocycles. The molecule has 0 amide bonds. The minimum Gasteiger partial charge on any atom is -0.245 e. The van der Waals surface area contributed by atoms with Crippen molar-refractivity contribution in [3.8, 4) is 0 Å². The molecule has 2 rings (SSSR count). The molecule has 0 aliphatic heterocycles. The van der Waals surface area contributed by atoms with Crippen LogP contribution in [0.2, 0.25) is 5.15 Å². The van der Waals surface area contributed by atoms with E-state index in [1.54, 1.807) is 0 Å². The van der Waals surface area contributed by atoms with Gasteiger partial charge in [0.25, 0.3) is 0 Å². The Kier molecular flexibility index (Phi) is 3.36. The van der Waals surface area contributed by atoms with Gasteiger partial charge in [-0.3, -0.25) is 0 Å². The summed E-state index contributed by atoms with van der Waals surface area (Å²) in [6.07, 6.45) is 2.89. The molecule has 0 atom stereocenters. The smallest absolute Gasteiger partial charge is 0.161 e. The van der Waals surface area contributed by atoms with Crippen molar-refractivity contribution in [2.75, 3.05) is 0 Å². The molecule has 1 aromatic heterocycles. The van der Waals surface area contributed by atoms with Crippen molar-refractivity contribution in [1.29, 1.82) is 0 Å². The summed E-state index contributed by atoms with van der Waals surface area (Å²) in [6, 6.07) is 3.32. The average molecular weight is 259 g/mol. The van der Waals surface area contributed by atoms with Gasteiger partial charge in [-0.2, -0.15) is 0 Å². The highest BCUT2D eigenvalue weighted by atomic mass is 35.5. The van der Waals surface area contributed by atoms with Crippen LogP contribution in [0.15, 0.2) is 40.5 Å². The third-order valence-corrected chi connectivity index (χ3v) is 3.16. The second-order valence-corrected chi connectivity index (χ2v) is 4.22. The number of aromatic nitrogens is 2. The highest BCUT2D eigenvalue weighted by molar-refractivity contribution is 7.99. The first-order chi connectivity index (χ1) is 7.66. The van der Waals surface area contributed by atoms with E-state index in [-0.39, 0.29) is 10.0 Å². The van der Waals surface area contributed by atoms with Gasteiger partial charge in [0.15, 0.2) is 5.15 Å². The van der Waals surface area contributed by atoms with Crippen molar-refractivity contribution in [3.63, 3.8) is 0 Å². The highest BCUT2D eigenvalue weighted by Crippen LogP contribution is 2.31. The van der Waals surface area contributed by atoms with Crippen molar-refractivity contribution >= 4 is 23.4 Å². The Labute approximate surface area is 99.7 Å². The summed E-state index contributed by atoms with van der Waals surface area (Å²) >= 11 is 6.77. The maximum absolute atomic E-state index is 13.3. The highest BCUT2D eigenvalue weighted by Gasteiger charge is 2.09. The second kappa shape index (κ2) is 4.76. The molecule has 2 nitrogen and oxygen atoms in total. The fraction of sp³-hybridized carbons (Fsp3) is 0. The van der Waals surface area contributed by atoms with E-state index in [0.29, 0.717) is 5.03 Å². The number of benzene rings is 1. The standard InChI is InChI=1S/C10H5ClF2N2S/c11-9-10(15-4-3-14-9)16-8-2-1-6(12)5-7(8)13/h1-5H. The molecule has 0 radical (unpaired) electrons. The number of hydrogen-bond donors (Lipinski definition) is 0. The van der Waals surface area contributed by atoms with Crippen LogP contribution in [-0.2, 0) is 0 Å². The molecule has 0 saturated carbocycles. The largest absolute Gasteiger partial charge is 0.245 e. The van der Waals surface area contributed by atoms with Gasteiger partial charge in [0, 0.05) is 23.4 Å². The van der Waals surface area contributed by atoms with E-state index in [1.165, 1.54) is 24.5 Å². The molecule has 1 aromatic carbocycles. The van der Waals surface area contributed by atoms with Gasteiger partial charge in [0.2, 0.25) is 0 Å². The quantitative estimate of drug-likeness (QED) is 0.824. The van der Waals surface area contributed by atoms with Crippen LogP contribution in [0.1, 0.15) is 0 Å². The Hall–Kier alpha value is -1.20. The van der Waals surface area contributed by atoms with Crippen LogP contribution in [0.3, 0.4) is 0 Å². The van der Waals surface area contributed by atoms with Gasteiger partial charge in [-0.25, -0.2) is 18.7 Å². The number of hydrogen-bond acceptors (Lipinski definition) is 3. The van der Waals surface area contributed by atoms with E-state index in [0.717, 1.165) is 17.8 Å². The Bertz CT molecular complexity index is 522. The van der Waals surface area contributed by atoms with Crippen molar-refractivity contribution in [2.45, 2.75) is 9.92 Å². The van der Waals surface area contributed by atoms with Gasteiger partial charge < -0.3 is 0 Å². The molecular weight excluding hydrogens is 254 g/mol. The lowest BCUT2D eigenvalue weighted by Crippen LogP contribution is -1.87. The normalized spacial score (nSPS) is 10.4. The second-order valence-electron chi connectivity index (χ2n) is 2.83. The molecular formula is C10H5ClF2N2S. The van der Waals surface area contributed by atoms with E-state index >= 15 is 0 Å². The molecule has 0 fully saturated rings. The lowest BCUT2D eigenvalue weighted by molar-refractivity contribution is 0.565. The summed E-state index contributed by atoms with van der Waals surface area (Å²) in [6.45, 7) is 0. The van der Waals surface area contributed by atoms with E-state index in [1.807, 2.05) is 0 Å². The summed E-state index contributed by atoms with van der Waals surface area (Å²) in [5, 5.41) is 0.575. The third kappa shape index (κ3) is 2.48. The van der Waals surface area contributed by atoms with Crippen LogP contribution in [0, 0.1) is 11.6 Å². The lowest BCUT2D eigenvalue weighted by atomic mass is 10.3. The van der Waals surface area contributed by atoms with E-state index in [2.05, 4.69) is 9.97 Å². The first-order valence-corrected chi connectivity index (χ1v) is 5.45. The summed E-state index contributed by atoms with van der Waals surface area (Å²) in [5.41, 5.74) is 0. The molecule has 0 N–H and O–H groups in total. The summed E-state index contributed by atoms with van der Waals surface area (Å²) < 4.78 is 26.0. The maximum atomic E-state index is 13.3. The van der Waals surface area contributed by atoms with Crippen molar-refractivity contribution in [1.82, 2.24) is 9.97 Å². The van der Waals surface area contributed by atoms with E-state index in [9.17, 15) is 8.78 Å². The van der Waals surface area contributed by atoms with Gasteiger partial charge in [-0.05, 0) is 12.1 Å². The van der Waals surface area contributed by atoms with Gasteiger partial charge in [0.05, 0.1) is 0 Å². The minimum absolute atomic E-state index is 0.191. The van der Waals surface area contributed by atoms with Crippen LogP contribution in [0.4, 0.5) is 8.78 Å². The van der Waals surface area contributed by atoms with Crippen molar-refractivity contribution in [2.24, 2.45) is 0 Å². The topological polar surface area (TPSA) is 25.8 Å². The van der Waals surface area contributed by atoms with Crippen molar-refractivity contribution in [3.05, 3.63) is 47.4 Å². The molecule has 0 saturated heterocycles. The zero-order chi connectivity index (χ0) is 11.5. The van der Waals surface area contributed by atoms with Gasteiger partial charge in [-0.1, -0.05) is 23.4 Å². The zero-order valence-corrected chi connectivity index (χ0v) is 9.40. The van der Waals surface area contributed by atoms with E-state index in [4.69, 9.17) is 11.6 Å². The Morgan fingerprint density at radius 1 is 1.12 bits per heavy atom. The fourth-order valence-electron chi connectivity index (χ4n) is 1.04. The molecule has 6 heteroatoms. The van der Waals surface area contributed by atoms with Crippen molar-refractivity contribution < 1.29 is 8.78 Å². The summed E-state index contributed by atoms with van der Waals surface area (Å²) in [5.74, 6) is -1.26. The zero-order valence-electron chi connectivity index (χ0n) is 7.82. The molecule has 0 spiro atoms. The van der Waals surface area contributed by atoms with Crippen LogP contribution in [-0.4, -0.2) is 9.97 Å². The van der Waals surface area contributed by atoms with Gasteiger partial charge >= 0.3 is 0 Å². The third-order valence-electron chi connectivity index (χ3n) is 1.72. The monoisotopic (exact) mass is 258 g/mol. The molecule has 82 valence electrons. The van der Waals surface area contributed by atoms with E-state index < -0.39 is 11.6 Å². The Balaban J connectivity index is 2.31.